The Morgan fingerprint density at radius 2 is 1.07 bits per heavy atom. The van der Waals surface area contributed by atoms with Crippen molar-refractivity contribution >= 4 is 53.3 Å². The van der Waals surface area contributed by atoms with E-state index in [0.717, 1.165) is 22.2 Å². The summed E-state index contributed by atoms with van der Waals surface area (Å²) >= 11 is 1.84. The topological polar surface area (TPSA) is 43.6 Å². The molecule has 0 aliphatic rings. The van der Waals surface area contributed by atoms with Crippen LogP contribution in [0.15, 0.2) is 109 Å². The van der Waals surface area contributed by atoms with Gasteiger partial charge < -0.3 is 0 Å². The van der Waals surface area contributed by atoms with E-state index in [1.54, 1.807) is 0 Å². The van der Waals surface area contributed by atoms with E-state index in [1.807, 2.05) is 72.0 Å². The minimum Gasteiger partial charge on any atom is -0.278 e. The molecule has 0 amide bonds. The monoisotopic (exact) mass is 532 g/mol. The number of fused-ring (bicyclic) bond motifs is 6. The van der Waals surface area contributed by atoms with Gasteiger partial charge in [-0.15, -0.1) is 11.3 Å². The molecule has 0 saturated carbocycles. The summed E-state index contributed by atoms with van der Waals surface area (Å²) in [5.74, 6) is 1.93. The van der Waals surface area contributed by atoms with Crippen molar-refractivity contribution in [1.29, 1.82) is 0 Å². The first-order chi connectivity index (χ1) is 19.6. The molecular formula is C35H24N4S. The molecule has 0 spiro atoms. The molecule has 3 aromatic heterocycles. The highest BCUT2D eigenvalue weighted by Crippen LogP contribution is 2.41. The lowest BCUT2D eigenvalue weighted by Gasteiger charge is -2.11. The van der Waals surface area contributed by atoms with Crippen LogP contribution in [0.2, 0.25) is 0 Å². The zero-order valence-corrected chi connectivity index (χ0v) is 22.9. The number of hydrogen-bond acceptors (Lipinski definition) is 4. The van der Waals surface area contributed by atoms with Crippen molar-refractivity contribution in [2.75, 3.05) is 0 Å². The Labute approximate surface area is 235 Å². The van der Waals surface area contributed by atoms with Crippen LogP contribution in [0.1, 0.15) is 11.1 Å². The van der Waals surface area contributed by atoms with E-state index in [2.05, 4.69) is 66.9 Å². The van der Waals surface area contributed by atoms with Crippen LogP contribution in [-0.2, 0) is 0 Å². The van der Waals surface area contributed by atoms with Crippen molar-refractivity contribution in [2.24, 2.45) is 0 Å². The first-order valence-electron chi connectivity index (χ1n) is 13.4. The average molecular weight is 533 g/mol. The van der Waals surface area contributed by atoms with Gasteiger partial charge in [-0.3, -0.25) is 4.57 Å². The van der Waals surface area contributed by atoms with E-state index >= 15 is 0 Å². The van der Waals surface area contributed by atoms with Gasteiger partial charge in [0, 0.05) is 42.1 Å². The van der Waals surface area contributed by atoms with Gasteiger partial charge in [0.2, 0.25) is 5.95 Å². The SMILES string of the molecule is Cc1ccc2sc3cc4c(cc3c2c1)c1cc(C)ccc1n4-c1nc(-c2ccccc2)nc(-c2ccccc2)n1. The third-order valence-corrected chi connectivity index (χ3v) is 8.69. The molecule has 0 radical (unpaired) electrons. The van der Waals surface area contributed by atoms with E-state index in [0.29, 0.717) is 17.6 Å². The molecule has 0 aliphatic carbocycles. The van der Waals surface area contributed by atoms with Crippen molar-refractivity contribution in [3.63, 3.8) is 0 Å². The van der Waals surface area contributed by atoms with Gasteiger partial charge in [0.25, 0.3) is 0 Å². The van der Waals surface area contributed by atoms with Crippen molar-refractivity contribution in [1.82, 2.24) is 19.5 Å². The molecule has 0 bridgehead atoms. The predicted octanol–water partition coefficient (Wildman–Crippen LogP) is 9.29. The Kier molecular flexibility index (Phi) is 5.09. The normalized spacial score (nSPS) is 11.8. The number of aryl methyl sites for hydroxylation is 2. The van der Waals surface area contributed by atoms with E-state index in [-0.39, 0.29) is 0 Å². The highest BCUT2D eigenvalue weighted by molar-refractivity contribution is 7.25. The maximum atomic E-state index is 5.07. The van der Waals surface area contributed by atoms with E-state index in [9.17, 15) is 0 Å². The van der Waals surface area contributed by atoms with Gasteiger partial charge >= 0.3 is 0 Å². The minimum atomic E-state index is 0.618. The Morgan fingerprint density at radius 3 is 1.75 bits per heavy atom. The fourth-order valence-electron chi connectivity index (χ4n) is 5.63. The van der Waals surface area contributed by atoms with Crippen molar-refractivity contribution in [3.8, 4) is 28.7 Å². The molecule has 190 valence electrons. The summed E-state index contributed by atoms with van der Waals surface area (Å²) in [7, 11) is 0. The molecule has 4 nitrogen and oxygen atoms in total. The fourth-order valence-corrected chi connectivity index (χ4v) is 6.73. The van der Waals surface area contributed by atoms with E-state index in [1.165, 1.54) is 42.1 Å². The van der Waals surface area contributed by atoms with Gasteiger partial charge in [-0.05, 0) is 50.2 Å². The summed E-state index contributed by atoms with van der Waals surface area (Å²) in [6, 6.07) is 38.3. The molecule has 0 saturated heterocycles. The van der Waals surface area contributed by atoms with Crippen molar-refractivity contribution in [3.05, 3.63) is 120 Å². The summed E-state index contributed by atoms with van der Waals surface area (Å²) in [6.07, 6.45) is 0. The zero-order valence-electron chi connectivity index (χ0n) is 22.1. The number of thiophene rings is 1. The van der Waals surface area contributed by atoms with E-state index < -0.39 is 0 Å². The lowest BCUT2D eigenvalue weighted by Crippen LogP contribution is -2.06. The second-order valence-corrected chi connectivity index (χ2v) is 11.4. The van der Waals surface area contributed by atoms with Crippen LogP contribution < -0.4 is 0 Å². The average Bonchev–Trinajstić information content (AvgIpc) is 3.50. The predicted molar refractivity (Wildman–Crippen MR) is 167 cm³/mol. The minimum absolute atomic E-state index is 0.618. The summed E-state index contributed by atoms with van der Waals surface area (Å²) in [5.41, 5.74) is 6.61. The molecule has 3 heterocycles. The maximum absolute atomic E-state index is 5.07. The standard InChI is InChI=1S/C35H24N4S/c1-21-13-15-29-25(17-21)26-19-28-27-18-22(2)14-16-31(27)40-32(28)20-30(26)39(29)35-37-33(23-9-5-3-6-10-23)36-34(38-35)24-11-7-4-8-12-24/h3-20H,1-2H3. The number of rotatable bonds is 3. The number of nitrogens with zero attached hydrogens (tertiary/aromatic N) is 4. The summed E-state index contributed by atoms with van der Waals surface area (Å²) in [5, 5.41) is 5.01. The van der Waals surface area contributed by atoms with Crippen LogP contribution in [0.5, 0.6) is 0 Å². The summed E-state index contributed by atoms with van der Waals surface area (Å²) < 4.78 is 4.77. The van der Waals surface area contributed by atoms with Gasteiger partial charge in [0.15, 0.2) is 11.6 Å². The molecule has 5 aromatic carbocycles. The van der Waals surface area contributed by atoms with Gasteiger partial charge in [-0.25, -0.2) is 4.98 Å². The van der Waals surface area contributed by atoms with Crippen LogP contribution in [0.3, 0.4) is 0 Å². The second-order valence-electron chi connectivity index (χ2n) is 10.3. The smallest absolute Gasteiger partial charge is 0.238 e. The van der Waals surface area contributed by atoms with Crippen LogP contribution in [0.25, 0.3) is 70.7 Å². The highest BCUT2D eigenvalue weighted by Gasteiger charge is 2.19. The molecule has 40 heavy (non-hydrogen) atoms. The maximum Gasteiger partial charge on any atom is 0.238 e. The number of benzene rings is 5. The van der Waals surface area contributed by atoms with Crippen LogP contribution in [0, 0.1) is 13.8 Å². The highest BCUT2D eigenvalue weighted by atomic mass is 32.1. The molecule has 0 aliphatic heterocycles. The third kappa shape index (κ3) is 3.63. The molecular weight excluding hydrogens is 508 g/mol. The lowest BCUT2D eigenvalue weighted by atomic mass is 10.1. The largest absolute Gasteiger partial charge is 0.278 e. The second kappa shape index (κ2) is 8.83. The molecule has 0 atom stereocenters. The first kappa shape index (κ1) is 23.1. The number of aromatic nitrogens is 4. The van der Waals surface area contributed by atoms with Gasteiger partial charge in [-0.1, -0.05) is 83.9 Å². The molecule has 0 unspecified atom stereocenters. The van der Waals surface area contributed by atoms with Crippen LogP contribution in [-0.4, -0.2) is 19.5 Å². The molecule has 5 heteroatoms. The van der Waals surface area contributed by atoms with Gasteiger partial charge in [0.1, 0.15) is 0 Å². The summed E-state index contributed by atoms with van der Waals surface area (Å²) in [4.78, 5) is 15.1. The Bertz CT molecular complexity index is 2170. The first-order valence-corrected chi connectivity index (χ1v) is 14.2. The molecule has 0 N–H and O–H groups in total. The zero-order chi connectivity index (χ0) is 26.8. The number of hydrogen-bond donors (Lipinski definition) is 0. The molecule has 8 rings (SSSR count). The fraction of sp³-hybridized carbons (Fsp3) is 0.0571. The van der Waals surface area contributed by atoms with Gasteiger partial charge in [-0.2, -0.15) is 9.97 Å². The lowest BCUT2D eigenvalue weighted by molar-refractivity contribution is 0.954. The van der Waals surface area contributed by atoms with Crippen molar-refractivity contribution < 1.29 is 0 Å². The Morgan fingerprint density at radius 1 is 0.500 bits per heavy atom. The van der Waals surface area contributed by atoms with Crippen molar-refractivity contribution in [2.45, 2.75) is 13.8 Å². The Hall–Kier alpha value is -4.87. The van der Waals surface area contributed by atoms with Crippen LogP contribution in [0.4, 0.5) is 0 Å². The summed E-state index contributed by atoms with van der Waals surface area (Å²) in [6.45, 7) is 4.31. The van der Waals surface area contributed by atoms with E-state index in [4.69, 9.17) is 15.0 Å². The van der Waals surface area contributed by atoms with Gasteiger partial charge in [0.05, 0.1) is 11.0 Å². The molecule has 8 aromatic rings. The quantitative estimate of drug-likeness (QED) is 0.228. The third-order valence-electron chi connectivity index (χ3n) is 7.55. The molecule has 0 fully saturated rings. The van der Waals surface area contributed by atoms with Crippen LogP contribution >= 0.6 is 11.3 Å². The Balaban J connectivity index is 1.48.